The Morgan fingerprint density at radius 3 is 2.41 bits per heavy atom. The molecule has 0 aromatic heterocycles. The van der Waals surface area contributed by atoms with Crippen molar-refractivity contribution in [1.82, 2.24) is 5.32 Å². The van der Waals surface area contributed by atoms with E-state index in [1.807, 2.05) is 27.7 Å². The van der Waals surface area contributed by atoms with Crippen LogP contribution < -0.4 is 5.32 Å². The summed E-state index contributed by atoms with van der Waals surface area (Å²) in [6.07, 6.45) is -1.52. The van der Waals surface area contributed by atoms with Crippen molar-refractivity contribution >= 4 is 17.4 Å². The Morgan fingerprint density at radius 2 is 1.82 bits per heavy atom. The van der Waals surface area contributed by atoms with E-state index in [4.69, 9.17) is 40.6 Å². The van der Waals surface area contributed by atoms with Gasteiger partial charge in [0.1, 0.15) is 12.2 Å². The van der Waals surface area contributed by atoms with Crippen LogP contribution in [0, 0.1) is 0 Å². The first-order chi connectivity index (χ1) is 10.2. The summed E-state index contributed by atoms with van der Waals surface area (Å²) < 4.78 is 35.6. The Hall–Kier alpha value is -0.510. The zero-order valence-corrected chi connectivity index (χ0v) is 13.9. The molecule has 0 saturated carbocycles. The van der Waals surface area contributed by atoms with E-state index in [2.05, 4.69) is 5.32 Å². The van der Waals surface area contributed by atoms with Crippen molar-refractivity contribution in [3.8, 4) is 0 Å². The van der Waals surface area contributed by atoms with E-state index in [1.165, 1.54) is 0 Å². The van der Waals surface area contributed by atoms with Gasteiger partial charge in [-0.05, 0) is 39.9 Å². The van der Waals surface area contributed by atoms with E-state index in [-0.39, 0.29) is 18.3 Å². The van der Waals surface area contributed by atoms with Crippen molar-refractivity contribution in [2.75, 3.05) is 13.2 Å². The minimum absolute atomic E-state index is 0.265. The van der Waals surface area contributed by atoms with E-state index >= 15 is 0 Å². The first kappa shape index (κ1) is 15.0. The topological polar surface area (TPSA) is 67.4 Å². The molecule has 4 saturated heterocycles. The van der Waals surface area contributed by atoms with Crippen LogP contribution in [0.1, 0.15) is 27.7 Å². The first-order valence-corrected chi connectivity index (χ1v) is 7.91. The summed E-state index contributed by atoms with van der Waals surface area (Å²) in [5.41, 5.74) is -0.760. The van der Waals surface area contributed by atoms with Crippen LogP contribution in [0.15, 0.2) is 0 Å². The predicted molar refractivity (Wildman–Crippen MR) is 78.0 cm³/mol. The number of ether oxygens (including phenoxy) is 6. The molecule has 124 valence electrons. The molecule has 0 bridgehead atoms. The van der Waals surface area contributed by atoms with Crippen molar-refractivity contribution in [3.63, 3.8) is 0 Å². The molecule has 4 rings (SSSR count). The lowest BCUT2D eigenvalue weighted by atomic mass is 9.89. The third kappa shape index (κ3) is 2.16. The summed E-state index contributed by atoms with van der Waals surface area (Å²) in [5, 5.41) is 3.41. The van der Waals surface area contributed by atoms with Gasteiger partial charge < -0.3 is 33.7 Å². The molecular formula is C14H21NO6S. The lowest BCUT2D eigenvalue weighted by molar-refractivity contribution is -0.242. The number of fused-ring (bicyclic) bond motifs is 2. The van der Waals surface area contributed by atoms with Crippen LogP contribution in [0.2, 0.25) is 0 Å². The van der Waals surface area contributed by atoms with Gasteiger partial charge in [-0.2, -0.15) is 0 Å². The minimum atomic E-state index is -0.760. The van der Waals surface area contributed by atoms with Crippen molar-refractivity contribution < 1.29 is 28.4 Å². The third-order valence-corrected chi connectivity index (χ3v) is 4.69. The van der Waals surface area contributed by atoms with Crippen LogP contribution in [0.5, 0.6) is 0 Å². The predicted octanol–water partition coefficient (Wildman–Crippen LogP) is 0.658. The Kier molecular flexibility index (Phi) is 3.09. The molecule has 4 aliphatic heterocycles. The minimum Gasteiger partial charge on any atom is -0.457 e. The largest absolute Gasteiger partial charge is 0.457 e. The standard InChI is InChI=1S/C14H21NO6S/c1-12(2)16-5-7(18-12)8-14(6-15-11(22)21-14)9-10(17-8)20-13(3,4)19-9/h7-10H,5-6H2,1-4H3,(H,15,22)/t7?,8-,9+,10-,14-/m1/s1. The molecule has 1 unspecified atom stereocenters. The maximum Gasteiger partial charge on any atom is 0.257 e. The summed E-state index contributed by atoms with van der Waals surface area (Å²) >= 11 is 5.16. The van der Waals surface area contributed by atoms with E-state index in [9.17, 15) is 0 Å². The number of thiocarbonyl (C=S) groups is 1. The molecule has 0 aromatic carbocycles. The number of rotatable bonds is 1. The van der Waals surface area contributed by atoms with Crippen LogP contribution >= 0.6 is 12.2 Å². The maximum absolute atomic E-state index is 6.11. The highest BCUT2D eigenvalue weighted by molar-refractivity contribution is 7.80. The molecule has 0 amide bonds. The van der Waals surface area contributed by atoms with Gasteiger partial charge in [0.2, 0.25) is 0 Å². The van der Waals surface area contributed by atoms with Gasteiger partial charge in [-0.3, -0.25) is 0 Å². The molecule has 1 spiro atoms. The van der Waals surface area contributed by atoms with Gasteiger partial charge >= 0.3 is 0 Å². The molecule has 4 fully saturated rings. The van der Waals surface area contributed by atoms with Crippen LogP contribution in [0.3, 0.4) is 0 Å². The quantitative estimate of drug-likeness (QED) is 0.703. The average molecular weight is 331 g/mol. The summed E-state index contributed by atoms with van der Waals surface area (Å²) in [4.78, 5) is 0. The van der Waals surface area contributed by atoms with Gasteiger partial charge in [-0.25, -0.2) is 0 Å². The summed E-state index contributed by atoms with van der Waals surface area (Å²) in [6.45, 7) is 8.40. The van der Waals surface area contributed by atoms with Crippen molar-refractivity contribution in [3.05, 3.63) is 0 Å². The monoisotopic (exact) mass is 331 g/mol. The van der Waals surface area contributed by atoms with Gasteiger partial charge in [0, 0.05) is 0 Å². The molecule has 1 N–H and O–H groups in total. The van der Waals surface area contributed by atoms with E-state index < -0.39 is 23.5 Å². The van der Waals surface area contributed by atoms with Gasteiger partial charge in [-0.15, -0.1) is 0 Å². The van der Waals surface area contributed by atoms with Crippen molar-refractivity contribution in [1.29, 1.82) is 0 Å². The van der Waals surface area contributed by atoms with Gasteiger partial charge in [-0.1, -0.05) is 0 Å². The van der Waals surface area contributed by atoms with Crippen LogP contribution in [0.25, 0.3) is 0 Å². The summed E-state index contributed by atoms with van der Waals surface area (Å²) in [7, 11) is 0. The van der Waals surface area contributed by atoms with Crippen LogP contribution in [-0.4, -0.2) is 60.1 Å². The second-order valence-corrected chi connectivity index (χ2v) is 7.42. The Balaban J connectivity index is 1.64. The fourth-order valence-electron chi connectivity index (χ4n) is 3.62. The van der Waals surface area contributed by atoms with Gasteiger partial charge in [0.15, 0.2) is 29.6 Å². The van der Waals surface area contributed by atoms with E-state index in [0.717, 1.165) is 0 Å². The fourth-order valence-corrected chi connectivity index (χ4v) is 3.85. The zero-order chi connectivity index (χ0) is 15.8. The van der Waals surface area contributed by atoms with Crippen molar-refractivity contribution in [2.24, 2.45) is 0 Å². The molecule has 8 heteroatoms. The average Bonchev–Trinajstić information content (AvgIpc) is 3.07. The normalized spacial score (nSPS) is 48.5. The molecule has 0 aromatic rings. The van der Waals surface area contributed by atoms with Crippen LogP contribution in [0.4, 0.5) is 0 Å². The van der Waals surface area contributed by atoms with E-state index in [0.29, 0.717) is 18.3 Å². The Morgan fingerprint density at radius 1 is 1.05 bits per heavy atom. The lowest BCUT2D eigenvalue weighted by Gasteiger charge is -2.35. The smallest absolute Gasteiger partial charge is 0.257 e. The van der Waals surface area contributed by atoms with Gasteiger partial charge in [0.25, 0.3) is 5.17 Å². The second kappa shape index (κ2) is 4.52. The Labute approximate surface area is 134 Å². The van der Waals surface area contributed by atoms with Gasteiger partial charge in [0.05, 0.1) is 13.2 Å². The highest BCUT2D eigenvalue weighted by Gasteiger charge is 2.70. The molecular weight excluding hydrogens is 310 g/mol. The number of hydrogen-bond acceptors (Lipinski definition) is 7. The van der Waals surface area contributed by atoms with Crippen molar-refractivity contribution in [2.45, 2.75) is 69.5 Å². The highest BCUT2D eigenvalue weighted by atomic mass is 32.1. The second-order valence-electron chi connectivity index (χ2n) is 7.05. The zero-order valence-electron chi connectivity index (χ0n) is 13.1. The number of nitrogens with one attached hydrogen (secondary N) is 1. The SMILES string of the molecule is CC1(C)OCC([C@H]2O[C@@H]3OC(C)(C)O[C@@H]3[C@@]23CNC(=S)O3)O1. The molecule has 22 heavy (non-hydrogen) atoms. The fraction of sp³-hybridized carbons (Fsp3) is 0.929. The number of hydrogen-bond donors (Lipinski definition) is 1. The molecule has 4 heterocycles. The molecule has 5 atom stereocenters. The van der Waals surface area contributed by atoms with E-state index in [1.54, 1.807) is 0 Å². The molecule has 4 aliphatic rings. The third-order valence-electron chi connectivity index (χ3n) is 4.46. The van der Waals surface area contributed by atoms with Crippen LogP contribution in [-0.2, 0) is 28.4 Å². The summed E-state index contributed by atoms with van der Waals surface area (Å²) in [5.74, 6) is -1.35. The molecule has 0 radical (unpaired) electrons. The first-order valence-electron chi connectivity index (χ1n) is 7.51. The molecule has 0 aliphatic carbocycles. The lowest BCUT2D eigenvalue weighted by Crippen LogP contribution is -2.56. The summed E-state index contributed by atoms with van der Waals surface area (Å²) in [6, 6.07) is 0. The molecule has 7 nitrogen and oxygen atoms in total. The maximum atomic E-state index is 6.11. The highest BCUT2D eigenvalue weighted by Crippen LogP contribution is 2.48. The Bertz CT molecular complexity index is 512.